The van der Waals surface area contributed by atoms with E-state index in [1.165, 1.54) is 4.90 Å². The molecule has 5 rings (SSSR count). The zero-order valence-corrected chi connectivity index (χ0v) is 18.3. The first kappa shape index (κ1) is 20.6. The Bertz CT molecular complexity index is 1260. The number of amides is 2. The van der Waals surface area contributed by atoms with Crippen molar-refractivity contribution < 1.29 is 23.8 Å². The van der Waals surface area contributed by atoms with Crippen molar-refractivity contribution in [2.45, 2.75) is 13.8 Å². The smallest absolute Gasteiger partial charge is 0.282 e. The lowest BCUT2D eigenvalue weighted by molar-refractivity contribution is -0.120. The number of nitrogens with zero attached hydrogens (tertiary/aromatic N) is 1. The van der Waals surface area contributed by atoms with E-state index in [1.807, 2.05) is 38.1 Å². The molecule has 0 aromatic heterocycles. The maximum Gasteiger partial charge on any atom is 0.282 e. The van der Waals surface area contributed by atoms with Crippen LogP contribution in [-0.4, -0.2) is 25.2 Å². The summed E-state index contributed by atoms with van der Waals surface area (Å²) in [5, 5.41) is 3.15. The van der Waals surface area contributed by atoms with E-state index in [1.54, 1.807) is 42.5 Å². The number of imide groups is 1. The highest BCUT2D eigenvalue weighted by Crippen LogP contribution is 2.38. The van der Waals surface area contributed by atoms with Gasteiger partial charge in [0.2, 0.25) is 6.79 Å². The van der Waals surface area contributed by atoms with Crippen LogP contribution in [0.3, 0.4) is 0 Å². The molecule has 7 heteroatoms. The largest absolute Gasteiger partial charge is 0.494 e. The molecule has 3 aromatic rings. The van der Waals surface area contributed by atoms with Crippen LogP contribution in [-0.2, 0) is 9.59 Å². The molecule has 2 heterocycles. The number of rotatable bonds is 6. The fourth-order valence-electron chi connectivity index (χ4n) is 3.84. The number of hydrogen-bond acceptors (Lipinski definition) is 6. The molecule has 0 fully saturated rings. The number of carbonyl (C=O) groups excluding carboxylic acids is 2. The van der Waals surface area contributed by atoms with Gasteiger partial charge in [0.15, 0.2) is 11.5 Å². The Balaban J connectivity index is 1.54. The molecule has 2 aliphatic heterocycles. The molecule has 166 valence electrons. The van der Waals surface area contributed by atoms with Crippen LogP contribution in [0.15, 0.2) is 72.4 Å². The molecular weight excluding hydrogens is 420 g/mol. The Morgan fingerprint density at radius 1 is 0.909 bits per heavy atom. The molecule has 7 nitrogen and oxygen atoms in total. The van der Waals surface area contributed by atoms with E-state index in [9.17, 15) is 9.59 Å². The van der Waals surface area contributed by atoms with Crippen molar-refractivity contribution in [1.29, 1.82) is 0 Å². The van der Waals surface area contributed by atoms with Crippen molar-refractivity contribution in [2.24, 2.45) is 0 Å². The maximum absolute atomic E-state index is 13.5. The number of carbonyl (C=O) groups is 2. The number of benzene rings is 3. The molecule has 2 amide bonds. The summed E-state index contributed by atoms with van der Waals surface area (Å²) in [7, 11) is 0. The van der Waals surface area contributed by atoms with Gasteiger partial charge in [-0.3, -0.25) is 9.59 Å². The number of hydrogen-bond donors (Lipinski definition) is 1. The Morgan fingerprint density at radius 3 is 2.36 bits per heavy atom. The Hall–Kier alpha value is -4.26. The van der Waals surface area contributed by atoms with Gasteiger partial charge in [-0.1, -0.05) is 29.8 Å². The van der Waals surface area contributed by atoms with E-state index >= 15 is 0 Å². The summed E-state index contributed by atoms with van der Waals surface area (Å²) in [6, 6.07) is 19.7. The van der Waals surface area contributed by atoms with Crippen molar-refractivity contribution in [1.82, 2.24) is 0 Å². The molecule has 3 aromatic carbocycles. The average molecular weight is 442 g/mol. The highest BCUT2D eigenvalue weighted by Gasteiger charge is 2.40. The zero-order chi connectivity index (χ0) is 22.9. The standard InChI is InChI=1S/C26H22N2O5/c1-3-31-20-11-9-19(10-12-20)28-25(29)23(17-6-4-16(2)5-7-17)24(26(28)30)27-18-8-13-21-22(14-18)33-15-32-21/h4-14,27H,3,15H2,1-2H3. The minimum absolute atomic E-state index is 0.152. The van der Waals surface area contributed by atoms with Gasteiger partial charge in [0, 0.05) is 11.8 Å². The van der Waals surface area contributed by atoms with Crippen molar-refractivity contribution >= 4 is 28.8 Å². The molecule has 0 saturated carbocycles. The summed E-state index contributed by atoms with van der Waals surface area (Å²) < 4.78 is 16.3. The quantitative estimate of drug-likeness (QED) is 0.566. The molecule has 2 aliphatic rings. The van der Waals surface area contributed by atoms with Crippen LogP contribution in [0.5, 0.6) is 17.2 Å². The van der Waals surface area contributed by atoms with Crippen LogP contribution in [0, 0.1) is 6.92 Å². The predicted octanol–water partition coefficient (Wildman–Crippen LogP) is 4.52. The summed E-state index contributed by atoms with van der Waals surface area (Å²) in [6.07, 6.45) is 0. The van der Waals surface area contributed by atoms with E-state index in [2.05, 4.69) is 5.32 Å². The predicted molar refractivity (Wildman–Crippen MR) is 124 cm³/mol. The SMILES string of the molecule is CCOc1ccc(N2C(=O)C(Nc3ccc4c(c3)OCO4)=C(c3ccc(C)cc3)C2=O)cc1. The van der Waals surface area contributed by atoms with Crippen LogP contribution in [0.2, 0.25) is 0 Å². The van der Waals surface area contributed by atoms with Crippen LogP contribution < -0.4 is 24.4 Å². The molecule has 0 aliphatic carbocycles. The van der Waals surface area contributed by atoms with Crippen molar-refractivity contribution in [3.8, 4) is 17.2 Å². The number of nitrogens with one attached hydrogen (secondary N) is 1. The highest BCUT2D eigenvalue weighted by molar-refractivity contribution is 6.46. The summed E-state index contributed by atoms with van der Waals surface area (Å²) in [5.41, 5.74) is 3.33. The fraction of sp³-hybridized carbons (Fsp3) is 0.154. The summed E-state index contributed by atoms with van der Waals surface area (Å²) in [5.74, 6) is 1.06. The van der Waals surface area contributed by atoms with Gasteiger partial charge in [0.25, 0.3) is 11.8 Å². The number of ether oxygens (including phenoxy) is 3. The summed E-state index contributed by atoms with van der Waals surface area (Å²) in [6.45, 7) is 4.55. The minimum Gasteiger partial charge on any atom is -0.494 e. The van der Waals surface area contributed by atoms with E-state index in [0.717, 1.165) is 5.56 Å². The van der Waals surface area contributed by atoms with Crippen LogP contribution in [0.25, 0.3) is 5.57 Å². The number of fused-ring (bicyclic) bond motifs is 1. The van der Waals surface area contributed by atoms with Gasteiger partial charge in [-0.15, -0.1) is 0 Å². The second-order valence-corrected chi connectivity index (χ2v) is 7.68. The average Bonchev–Trinajstić information content (AvgIpc) is 3.38. The van der Waals surface area contributed by atoms with Gasteiger partial charge in [-0.2, -0.15) is 0 Å². The number of anilines is 2. The van der Waals surface area contributed by atoms with E-state index in [0.29, 0.717) is 46.4 Å². The Kier molecular flexibility index (Phi) is 5.22. The molecule has 0 spiro atoms. The second kappa shape index (κ2) is 8.35. The highest BCUT2D eigenvalue weighted by atomic mass is 16.7. The minimum atomic E-state index is -0.433. The first-order valence-corrected chi connectivity index (χ1v) is 10.6. The lowest BCUT2D eigenvalue weighted by atomic mass is 10.0. The van der Waals surface area contributed by atoms with Crippen LogP contribution >= 0.6 is 0 Å². The molecule has 0 atom stereocenters. The molecule has 1 N–H and O–H groups in total. The lowest BCUT2D eigenvalue weighted by Crippen LogP contribution is -2.32. The normalized spacial score (nSPS) is 14.8. The van der Waals surface area contributed by atoms with Crippen molar-refractivity contribution in [3.05, 3.63) is 83.6 Å². The Morgan fingerprint density at radius 2 is 1.64 bits per heavy atom. The van der Waals surface area contributed by atoms with Crippen LogP contribution in [0.1, 0.15) is 18.1 Å². The van der Waals surface area contributed by atoms with Gasteiger partial charge in [0.1, 0.15) is 11.4 Å². The topological polar surface area (TPSA) is 77.1 Å². The van der Waals surface area contributed by atoms with Gasteiger partial charge < -0.3 is 19.5 Å². The third kappa shape index (κ3) is 3.78. The molecular formula is C26H22N2O5. The van der Waals surface area contributed by atoms with Crippen molar-refractivity contribution in [3.63, 3.8) is 0 Å². The molecule has 0 saturated heterocycles. The van der Waals surface area contributed by atoms with E-state index < -0.39 is 11.8 Å². The summed E-state index contributed by atoms with van der Waals surface area (Å²) >= 11 is 0. The first-order chi connectivity index (χ1) is 16.0. The Labute approximate surface area is 191 Å². The molecule has 0 radical (unpaired) electrons. The van der Waals surface area contributed by atoms with Gasteiger partial charge >= 0.3 is 0 Å². The van der Waals surface area contributed by atoms with Gasteiger partial charge in [0.05, 0.1) is 17.9 Å². The first-order valence-electron chi connectivity index (χ1n) is 10.6. The van der Waals surface area contributed by atoms with E-state index in [4.69, 9.17) is 14.2 Å². The molecule has 0 bridgehead atoms. The number of aryl methyl sites for hydroxylation is 1. The lowest BCUT2D eigenvalue weighted by Gasteiger charge is -2.16. The fourth-order valence-corrected chi connectivity index (χ4v) is 3.84. The molecule has 33 heavy (non-hydrogen) atoms. The van der Waals surface area contributed by atoms with Gasteiger partial charge in [-0.05, 0) is 55.8 Å². The zero-order valence-electron chi connectivity index (χ0n) is 18.3. The monoisotopic (exact) mass is 442 g/mol. The third-order valence-corrected chi connectivity index (χ3v) is 5.47. The second-order valence-electron chi connectivity index (χ2n) is 7.68. The molecule has 0 unspecified atom stereocenters. The maximum atomic E-state index is 13.5. The van der Waals surface area contributed by atoms with Gasteiger partial charge in [-0.25, -0.2) is 4.90 Å². The third-order valence-electron chi connectivity index (χ3n) is 5.47. The van der Waals surface area contributed by atoms with E-state index in [-0.39, 0.29) is 12.5 Å². The van der Waals surface area contributed by atoms with Crippen LogP contribution in [0.4, 0.5) is 11.4 Å². The summed E-state index contributed by atoms with van der Waals surface area (Å²) in [4.78, 5) is 28.2. The van der Waals surface area contributed by atoms with Crippen molar-refractivity contribution in [2.75, 3.05) is 23.6 Å².